The third-order valence-electron chi connectivity index (χ3n) is 2.98. The second-order valence-electron chi connectivity index (χ2n) is 4.48. The average molecular weight is 271 g/mol. The molecule has 7 N–H and O–H groups in total. The lowest BCUT2D eigenvalue weighted by atomic mass is 10.1. The van der Waals surface area contributed by atoms with E-state index in [2.05, 4.69) is 15.6 Å². The minimum Gasteiger partial charge on any atom is -0.480 e. The van der Waals surface area contributed by atoms with Gasteiger partial charge in [0.05, 0.1) is 18.9 Å². The number of aliphatic imine (C=N–C) groups is 1. The first kappa shape index (κ1) is 15.4. The van der Waals surface area contributed by atoms with E-state index in [9.17, 15) is 9.59 Å². The van der Waals surface area contributed by atoms with Crippen LogP contribution in [0.25, 0.3) is 0 Å². The number of carboxylic acid groups (broad SMARTS) is 1. The molecule has 0 aromatic heterocycles. The summed E-state index contributed by atoms with van der Waals surface area (Å²) in [5.41, 5.74) is 11.1. The van der Waals surface area contributed by atoms with Gasteiger partial charge in [0.25, 0.3) is 0 Å². The number of nitrogens with two attached hydrogens (primary N) is 2. The minimum absolute atomic E-state index is 0.279. The normalized spacial score (nSPS) is 20.6. The molecule has 0 aliphatic carbocycles. The molecule has 8 heteroatoms. The lowest BCUT2D eigenvalue weighted by molar-refractivity contribution is -0.142. The van der Waals surface area contributed by atoms with Crippen molar-refractivity contribution >= 4 is 18.2 Å². The molecule has 0 aromatic carbocycles. The number of rotatable bonds is 8. The predicted octanol–water partition coefficient (Wildman–Crippen LogP) is -1.99. The Balaban J connectivity index is 2.43. The van der Waals surface area contributed by atoms with E-state index in [0.29, 0.717) is 25.9 Å². The molecule has 0 radical (unpaired) electrons. The van der Waals surface area contributed by atoms with E-state index < -0.39 is 24.0 Å². The summed E-state index contributed by atoms with van der Waals surface area (Å²) in [6.07, 6.45) is 3.21. The molecule has 0 saturated heterocycles. The van der Waals surface area contributed by atoms with Crippen LogP contribution >= 0.6 is 0 Å². The van der Waals surface area contributed by atoms with Crippen LogP contribution < -0.4 is 22.1 Å². The standard InChI is InChI=1S/C11H21N5O3/c12-4-2-1-3-7(11(18)19)16-10(17)9(13)8-5-14-6-15-8/h6-9H,1-5,12-13H2,(H,14,15)(H,16,17)(H,18,19). The maximum atomic E-state index is 11.9. The van der Waals surface area contributed by atoms with Crippen molar-refractivity contribution in [2.24, 2.45) is 16.5 Å². The zero-order valence-electron chi connectivity index (χ0n) is 10.7. The molecule has 3 unspecified atom stereocenters. The van der Waals surface area contributed by atoms with Crippen LogP contribution in [-0.2, 0) is 9.59 Å². The highest BCUT2D eigenvalue weighted by molar-refractivity contribution is 5.87. The molecule has 0 aromatic rings. The Morgan fingerprint density at radius 2 is 2.26 bits per heavy atom. The number of nitrogens with zero attached hydrogens (tertiary/aromatic N) is 1. The summed E-state index contributed by atoms with van der Waals surface area (Å²) in [6.45, 7) is 0.919. The third-order valence-corrected chi connectivity index (χ3v) is 2.98. The molecule has 1 amide bonds. The molecular formula is C11H21N5O3. The van der Waals surface area contributed by atoms with E-state index in [-0.39, 0.29) is 6.04 Å². The van der Waals surface area contributed by atoms with Gasteiger partial charge in [0.15, 0.2) is 0 Å². The fourth-order valence-corrected chi connectivity index (χ4v) is 1.79. The maximum Gasteiger partial charge on any atom is 0.326 e. The van der Waals surface area contributed by atoms with Gasteiger partial charge in [-0.25, -0.2) is 4.79 Å². The van der Waals surface area contributed by atoms with Gasteiger partial charge in [-0.1, -0.05) is 0 Å². The van der Waals surface area contributed by atoms with Gasteiger partial charge in [0.1, 0.15) is 12.1 Å². The van der Waals surface area contributed by atoms with Gasteiger partial charge >= 0.3 is 5.97 Å². The number of amides is 1. The van der Waals surface area contributed by atoms with Crippen LogP contribution in [0.3, 0.4) is 0 Å². The molecule has 19 heavy (non-hydrogen) atoms. The number of aliphatic carboxylic acids is 1. The highest BCUT2D eigenvalue weighted by atomic mass is 16.4. The number of nitrogens with one attached hydrogen (secondary N) is 2. The minimum atomic E-state index is -1.06. The number of carboxylic acids is 1. The second-order valence-corrected chi connectivity index (χ2v) is 4.48. The molecule has 0 spiro atoms. The molecule has 1 rings (SSSR count). The molecule has 8 nitrogen and oxygen atoms in total. The van der Waals surface area contributed by atoms with Gasteiger partial charge in [-0.2, -0.15) is 0 Å². The summed E-state index contributed by atoms with van der Waals surface area (Å²) in [6, 6.07) is -2.02. The van der Waals surface area contributed by atoms with Crippen LogP contribution in [0.5, 0.6) is 0 Å². The van der Waals surface area contributed by atoms with Crippen molar-refractivity contribution in [3.63, 3.8) is 0 Å². The van der Waals surface area contributed by atoms with E-state index in [1.807, 2.05) is 0 Å². The fraction of sp³-hybridized carbons (Fsp3) is 0.727. The van der Waals surface area contributed by atoms with E-state index in [1.165, 1.54) is 6.34 Å². The quantitative estimate of drug-likeness (QED) is 0.323. The zero-order valence-corrected chi connectivity index (χ0v) is 10.7. The fourth-order valence-electron chi connectivity index (χ4n) is 1.79. The van der Waals surface area contributed by atoms with E-state index in [4.69, 9.17) is 16.6 Å². The Kier molecular flexibility index (Phi) is 6.23. The second kappa shape index (κ2) is 7.70. The van der Waals surface area contributed by atoms with Gasteiger partial charge < -0.3 is 27.2 Å². The third kappa shape index (κ3) is 4.84. The van der Waals surface area contributed by atoms with Gasteiger partial charge in [0.2, 0.25) is 5.91 Å². The lowest BCUT2D eigenvalue weighted by Crippen LogP contribution is -2.56. The van der Waals surface area contributed by atoms with E-state index >= 15 is 0 Å². The summed E-state index contributed by atoms with van der Waals surface area (Å²) in [7, 11) is 0. The van der Waals surface area contributed by atoms with Gasteiger partial charge in [-0.15, -0.1) is 0 Å². The average Bonchev–Trinajstić information content (AvgIpc) is 2.90. The van der Waals surface area contributed by atoms with Crippen LogP contribution in [-0.4, -0.2) is 54.5 Å². The largest absolute Gasteiger partial charge is 0.480 e. The van der Waals surface area contributed by atoms with Crippen molar-refractivity contribution in [1.82, 2.24) is 10.6 Å². The first-order chi connectivity index (χ1) is 9.06. The van der Waals surface area contributed by atoms with Crippen LogP contribution in [0, 0.1) is 0 Å². The highest BCUT2D eigenvalue weighted by Gasteiger charge is 2.29. The Bertz CT molecular complexity index is 339. The Morgan fingerprint density at radius 1 is 1.53 bits per heavy atom. The summed E-state index contributed by atoms with van der Waals surface area (Å²) >= 11 is 0. The summed E-state index contributed by atoms with van der Waals surface area (Å²) in [5.74, 6) is -1.55. The Morgan fingerprint density at radius 3 is 2.79 bits per heavy atom. The lowest BCUT2D eigenvalue weighted by Gasteiger charge is -2.21. The zero-order chi connectivity index (χ0) is 14.3. The van der Waals surface area contributed by atoms with E-state index in [0.717, 1.165) is 6.42 Å². The van der Waals surface area contributed by atoms with Crippen LogP contribution in [0.1, 0.15) is 19.3 Å². The van der Waals surface area contributed by atoms with Crippen molar-refractivity contribution in [2.45, 2.75) is 37.4 Å². The molecule has 1 aliphatic heterocycles. The van der Waals surface area contributed by atoms with Crippen molar-refractivity contribution in [3.05, 3.63) is 0 Å². The molecule has 1 aliphatic rings. The number of unbranched alkanes of at least 4 members (excludes halogenated alkanes) is 1. The van der Waals surface area contributed by atoms with Crippen LogP contribution in [0.2, 0.25) is 0 Å². The van der Waals surface area contributed by atoms with Gasteiger partial charge in [-0.3, -0.25) is 9.79 Å². The molecule has 0 saturated carbocycles. The Hall–Kier alpha value is -1.67. The van der Waals surface area contributed by atoms with Crippen molar-refractivity contribution in [3.8, 4) is 0 Å². The predicted molar refractivity (Wildman–Crippen MR) is 70.7 cm³/mol. The monoisotopic (exact) mass is 271 g/mol. The number of hydrogen-bond donors (Lipinski definition) is 5. The summed E-state index contributed by atoms with van der Waals surface area (Å²) in [4.78, 5) is 26.8. The number of carbonyl (C=O) groups excluding carboxylic acids is 1. The molecule has 1 heterocycles. The molecule has 0 fully saturated rings. The van der Waals surface area contributed by atoms with E-state index in [1.54, 1.807) is 0 Å². The van der Waals surface area contributed by atoms with Crippen molar-refractivity contribution in [1.29, 1.82) is 0 Å². The smallest absolute Gasteiger partial charge is 0.326 e. The molecule has 3 atom stereocenters. The van der Waals surface area contributed by atoms with Crippen molar-refractivity contribution in [2.75, 3.05) is 13.1 Å². The first-order valence-electron chi connectivity index (χ1n) is 6.29. The van der Waals surface area contributed by atoms with Crippen LogP contribution in [0.15, 0.2) is 4.99 Å². The highest BCUT2D eigenvalue weighted by Crippen LogP contribution is 2.03. The molecule has 108 valence electrons. The topological polar surface area (TPSA) is 143 Å². The summed E-state index contributed by atoms with van der Waals surface area (Å²) < 4.78 is 0. The van der Waals surface area contributed by atoms with Gasteiger partial charge in [0, 0.05) is 0 Å². The first-order valence-corrected chi connectivity index (χ1v) is 6.29. The molecule has 0 bridgehead atoms. The van der Waals surface area contributed by atoms with Crippen molar-refractivity contribution < 1.29 is 14.7 Å². The number of hydrogen-bond acceptors (Lipinski definition) is 6. The Labute approximate surface area is 111 Å². The number of carbonyl (C=O) groups is 2. The van der Waals surface area contributed by atoms with Gasteiger partial charge in [-0.05, 0) is 25.8 Å². The SMILES string of the molecule is NCCCCC(NC(=O)C(N)C1CN=CN1)C(=O)O. The maximum absolute atomic E-state index is 11.9. The van der Waals surface area contributed by atoms with Crippen LogP contribution in [0.4, 0.5) is 0 Å². The molecular weight excluding hydrogens is 250 g/mol. The summed E-state index contributed by atoms with van der Waals surface area (Å²) in [5, 5.41) is 14.3.